The van der Waals surface area contributed by atoms with E-state index in [1.54, 1.807) is 0 Å². The third-order valence-electron chi connectivity index (χ3n) is 2.98. The first kappa shape index (κ1) is 20.0. The zero-order valence-corrected chi connectivity index (χ0v) is 13.3. The summed E-state index contributed by atoms with van der Waals surface area (Å²) in [5.41, 5.74) is -0.0120. The molecule has 1 aromatic carbocycles. The van der Waals surface area contributed by atoms with E-state index in [0.29, 0.717) is 5.75 Å². The van der Waals surface area contributed by atoms with Crippen molar-refractivity contribution >= 4 is 11.7 Å². The Morgan fingerprint density at radius 1 is 1.12 bits per heavy atom. The molecule has 0 aromatic heterocycles. The number of halogens is 5. The summed E-state index contributed by atoms with van der Waals surface area (Å²) in [6, 6.07) is 2.81. The van der Waals surface area contributed by atoms with E-state index >= 15 is 0 Å². The third-order valence-corrected chi connectivity index (χ3v) is 2.98. The number of rotatable bonds is 7. The summed E-state index contributed by atoms with van der Waals surface area (Å²) >= 11 is 0. The van der Waals surface area contributed by atoms with Gasteiger partial charge in [-0.25, -0.2) is 0 Å². The molecule has 0 saturated heterocycles. The van der Waals surface area contributed by atoms with Gasteiger partial charge in [0.25, 0.3) is 0 Å². The first-order valence-electron chi connectivity index (χ1n) is 7.02. The van der Waals surface area contributed by atoms with Crippen molar-refractivity contribution in [2.75, 3.05) is 12.4 Å². The standard InChI is InChI=1S/C15H18F5NO3/c1-9(2)24-13(22)8-12(14(16,17)15(18,19)20)21-10-4-6-11(23-3)7-5-10/h4-7,9,12,21H,8H2,1-3H3. The molecule has 0 aliphatic rings. The fourth-order valence-electron chi connectivity index (χ4n) is 1.83. The van der Waals surface area contributed by atoms with Crippen LogP contribution in [0, 0.1) is 0 Å². The Hall–Kier alpha value is -2.06. The van der Waals surface area contributed by atoms with Crippen molar-refractivity contribution in [2.45, 2.75) is 44.5 Å². The van der Waals surface area contributed by atoms with Crippen LogP contribution in [0.15, 0.2) is 24.3 Å². The molecular weight excluding hydrogens is 337 g/mol. The summed E-state index contributed by atoms with van der Waals surface area (Å²) in [4.78, 5) is 11.5. The fourth-order valence-corrected chi connectivity index (χ4v) is 1.83. The predicted molar refractivity (Wildman–Crippen MR) is 77.3 cm³/mol. The van der Waals surface area contributed by atoms with E-state index < -0.39 is 36.6 Å². The molecule has 0 spiro atoms. The summed E-state index contributed by atoms with van der Waals surface area (Å²) in [6.07, 6.45) is -7.58. The molecule has 4 nitrogen and oxygen atoms in total. The molecular formula is C15H18F5NO3. The summed E-state index contributed by atoms with van der Waals surface area (Å²) < 4.78 is 74.9. The first-order chi connectivity index (χ1) is 11.0. The molecule has 9 heteroatoms. The lowest BCUT2D eigenvalue weighted by molar-refractivity contribution is -0.287. The average Bonchev–Trinajstić information content (AvgIpc) is 2.45. The van der Waals surface area contributed by atoms with E-state index in [-0.39, 0.29) is 5.69 Å². The average molecular weight is 355 g/mol. The molecule has 0 heterocycles. The molecule has 1 aromatic rings. The number of hydrogen-bond acceptors (Lipinski definition) is 4. The predicted octanol–water partition coefficient (Wildman–Crippen LogP) is 4.02. The maximum Gasteiger partial charge on any atom is 0.455 e. The van der Waals surface area contributed by atoms with Gasteiger partial charge in [-0.2, -0.15) is 22.0 Å². The SMILES string of the molecule is COc1ccc(NC(CC(=O)OC(C)C)C(F)(F)C(F)(F)F)cc1. The Labute approximate surface area is 135 Å². The molecule has 1 rings (SSSR count). The van der Waals surface area contributed by atoms with Crippen molar-refractivity contribution < 1.29 is 36.2 Å². The van der Waals surface area contributed by atoms with Crippen LogP contribution in [0.2, 0.25) is 0 Å². The van der Waals surface area contributed by atoms with E-state index in [9.17, 15) is 26.7 Å². The Morgan fingerprint density at radius 2 is 1.67 bits per heavy atom. The van der Waals surface area contributed by atoms with Crippen LogP contribution in [0.3, 0.4) is 0 Å². The van der Waals surface area contributed by atoms with E-state index in [0.717, 1.165) is 0 Å². The van der Waals surface area contributed by atoms with E-state index in [4.69, 9.17) is 4.74 Å². The molecule has 0 amide bonds. The van der Waals surface area contributed by atoms with Crippen molar-refractivity contribution in [2.24, 2.45) is 0 Å². The summed E-state index contributed by atoms with van der Waals surface area (Å²) in [5.74, 6) is -5.87. The third kappa shape index (κ3) is 5.24. The lowest BCUT2D eigenvalue weighted by Crippen LogP contribution is -2.51. The van der Waals surface area contributed by atoms with Gasteiger partial charge < -0.3 is 14.8 Å². The summed E-state index contributed by atoms with van der Waals surface area (Å²) in [7, 11) is 1.38. The van der Waals surface area contributed by atoms with Crippen LogP contribution < -0.4 is 10.1 Å². The molecule has 0 bridgehead atoms. The number of carbonyl (C=O) groups excluding carboxylic acids is 1. The van der Waals surface area contributed by atoms with Gasteiger partial charge in [-0.3, -0.25) is 4.79 Å². The lowest BCUT2D eigenvalue weighted by atomic mass is 10.1. The smallest absolute Gasteiger partial charge is 0.455 e. The summed E-state index contributed by atoms with van der Waals surface area (Å²) in [5, 5.41) is 2.05. The second-order valence-electron chi connectivity index (χ2n) is 5.29. The summed E-state index contributed by atoms with van der Waals surface area (Å²) in [6.45, 7) is 2.93. The Balaban J connectivity index is 3.01. The highest BCUT2D eigenvalue weighted by Gasteiger charge is 2.62. The maximum atomic E-state index is 13.7. The number of methoxy groups -OCH3 is 1. The Kier molecular flexibility index (Phi) is 6.39. The Bertz CT molecular complexity index is 543. The number of anilines is 1. The second-order valence-corrected chi connectivity index (χ2v) is 5.29. The van der Waals surface area contributed by atoms with Gasteiger partial charge in [-0.05, 0) is 38.1 Å². The minimum atomic E-state index is -5.81. The highest BCUT2D eigenvalue weighted by atomic mass is 19.4. The fraction of sp³-hybridized carbons (Fsp3) is 0.533. The van der Waals surface area contributed by atoms with Crippen molar-refractivity contribution in [1.29, 1.82) is 0 Å². The van der Waals surface area contributed by atoms with Crippen molar-refractivity contribution in [1.82, 2.24) is 0 Å². The van der Waals surface area contributed by atoms with Crippen LogP contribution in [0.4, 0.5) is 27.6 Å². The zero-order valence-electron chi connectivity index (χ0n) is 13.3. The molecule has 1 N–H and O–H groups in total. The van der Waals surface area contributed by atoms with Gasteiger partial charge in [-0.15, -0.1) is 0 Å². The van der Waals surface area contributed by atoms with Gasteiger partial charge >= 0.3 is 18.1 Å². The van der Waals surface area contributed by atoms with Crippen molar-refractivity contribution in [3.8, 4) is 5.75 Å². The Morgan fingerprint density at radius 3 is 2.08 bits per heavy atom. The van der Waals surface area contributed by atoms with Crippen LogP contribution in [0.25, 0.3) is 0 Å². The number of esters is 1. The molecule has 0 radical (unpaired) electrons. The van der Waals surface area contributed by atoms with E-state index in [1.807, 2.05) is 0 Å². The van der Waals surface area contributed by atoms with Crippen LogP contribution in [0.1, 0.15) is 20.3 Å². The number of alkyl halides is 5. The van der Waals surface area contributed by atoms with Gasteiger partial charge in [0.05, 0.1) is 19.6 Å². The number of hydrogen-bond donors (Lipinski definition) is 1. The van der Waals surface area contributed by atoms with Crippen molar-refractivity contribution in [3.05, 3.63) is 24.3 Å². The zero-order chi connectivity index (χ0) is 18.5. The quantitative estimate of drug-likeness (QED) is 0.593. The van der Waals surface area contributed by atoms with Crippen molar-refractivity contribution in [3.63, 3.8) is 0 Å². The maximum absolute atomic E-state index is 13.7. The monoisotopic (exact) mass is 355 g/mol. The van der Waals surface area contributed by atoms with E-state index in [1.165, 1.54) is 45.2 Å². The largest absolute Gasteiger partial charge is 0.497 e. The number of benzene rings is 1. The van der Waals surface area contributed by atoms with Crippen LogP contribution in [0.5, 0.6) is 5.75 Å². The van der Waals surface area contributed by atoms with Gasteiger partial charge in [0.1, 0.15) is 11.8 Å². The minimum Gasteiger partial charge on any atom is -0.497 e. The van der Waals surface area contributed by atoms with Gasteiger partial charge in [0, 0.05) is 5.69 Å². The number of ether oxygens (including phenoxy) is 2. The molecule has 0 aliphatic carbocycles. The van der Waals surface area contributed by atoms with Gasteiger partial charge in [-0.1, -0.05) is 0 Å². The topological polar surface area (TPSA) is 47.6 Å². The number of carbonyl (C=O) groups is 1. The molecule has 136 valence electrons. The molecule has 1 atom stereocenters. The van der Waals surface area contributed by atoms with Crippen LogP contribution in [-0.4, -0.2) is 37.3 Å². The van der Waals surface area contributed by atoms with Crippen LogP contribution in [-0.2, 0) is 9.53 Å². The lowest BCUT2D eigenvalue weighted by Gasteiger charge is -2.29. The molecule has 0 aliphatic heterocycles. The highest BCUT2D eigenvalue weighted by Crippen LogP contribution is 2.40. The second kappa shape index (κ2) is 7.67. The van der Waals surface area contributed by atoms with Crippen LogP contribution >= 0.6 is 0 Å². The molecule has 1 unspecified atom stereocenters. The highest BCUT2D eigenvalue weighted by molar-refractivity contribution is 5.71. The van der Waals surface area contributed by atoms with Gasteiger partial charge in [0.15, 0.2) is 0 Å². The normalized spacial score (nSPS) is 13.5. The number of nitrogens with one attached hydrogen (secondary N) is 1. The van der Waals surface area contributed by atoms with Gasteiger partial charge in [0.2, 0.25) is 0 Å². The molecule has 0 saturated carbocycles. The minimum absolute atomic E-state index is 0.0120. The molecule has 0 fully saturated rings. The molecule has 24 heavy (non-hydrogen) atoms. The first-order valence-corrected chi connectivity index (χ1v) is 7.02. The van der Waals surface area contributed by atoms with E-state index in [2.05, 4.69) is 10.1 Å².